The quantitative estimate of drug-likeness (QED) is 0.814. The average Bonchev–Trinajstić information content (AvgIpc) is 2.75. The van der Waals surface area contributed by atoms with Gasteiger partial charge in [0.1, 0.15) is 0 Å². The van der Waals surface area contributed by atoms with E-state index in [1.807, 2.05) is 30.1 Å². The molecule has 2 atom stereocenters. The Hall–Kier alpha value is -2.12. The van der Waals surface area contributed by atoms with E-state index >= 15 is 0 Å². The first-order chi connectivity index (χ1) is 11.6. The molecular formula is C17H21N3O4. The van der Waals surface area contributed by atoms with Crippen molar-refractivity contribution in [1.29, 1.82) is 0 Å². The van der Waals surface area contributed by atoms with Gasteiger partial charge >= 0.3 is 5.76 Å². The third-order valence-corrected chi connectivity index (χ3v) is 5.03. The van der Waals surface area contributed by atoms with E-state index in [2.05, 4.69) is 4.90 Å². The van der Waals surface area contributed by atoms with Crippen molar-refractivity contribution in [3.05, 3.63) is 34.8 Å². The molecule has 0 unspecified atom stereocenters. The fourth-order valence-corrected chi connectivity index (χ4v) is 3.64. The number of likely N-dealkylation sites (N-methyl/N-ethyl adjacent to an activating group) is 1. The first-order valence-corrected chi connectivity index (χ1v) is 8.28. The monoisotopic (exact) mass is 331 g/mol. The van der Waals surface area contributed by atoms with E-state index in [9.17, 15) is 9.59 Å². The minimum Gasteiger partial charge on any atom is -0.408 e. The van der Waals surface area contributed by atoms with Gasteiger partial charge in [-0.1, -0.05) is 12.1 Å². The van der Waals surface area contributed by atoms with Gasteiger partial charge in [-0.05, 0) is 12.1 Å². The normalized spacial score (nSPS) is 25.2. The number of hydrogen-bond donors (Lipinski definition) is 0. The van der Waals surface area contributed by atoms with Crippen molar-refractivity contribution < 1.29 is 13.9 Å². The van der Waals surface area contributed by atoms with Crippen molar-refractivity contribution in [2.45, 2.75) is 12.6 Å². The maximum absolute atomic E-state index is 12.4. The zero-order chi connectivity index (χ0) is 16.7. The molecule has 1 aromatic heterocycles. The summed E-state index contributed by atoms with van der Waals surface area (Å²) in [5.74, 6) is -0.297. The van der Waals surface area contributed by atoms with E-state index < -0.39 is 0 Å². The first kappa shape index (κ1) is 15.4. The van der Waals surface area contributed by atoms with Crippen LogP contribution in [0.4, 0.5) is 0 Å². The highest BCUT2D eigenvalue weighted by Crippen LogP contribution is 2.20. The standard InChI is InChI=1S/C17H21N3O4/c1-18-13-9-19(8-12(16(18)21)10-23-11-13)6-7-20-14-4-2-3-5-15(14)24-17(20)22/h2-5,12-13H,6-11H2,1H3/t12-,13+/m1/s1. The number of nitrogens with zero attached hydrogens (tertiary/aromatic N) is 3. The molecule has 24 heavy (non-hydrogen) atoms. The maximum Gasteiger partial charge on any atom is 0.419 e. The van der Waals surface area contributed by atoms with Gasteiger partial charge in [0.05, 0.1) is 30.7 Å². The van der Waals surface area contributed by atoms with Crippen molar-refractivity contribution >= 4 is 17.0 Å². The number of oxazole rings is 1. The van der Waals surface area contributed by atoms with Gasteiger partial charge in [-0.15, -0.1) is 0 Å². The summed E-state index contributed by atoms with van der Waals surface area (Å²) < 4.78 is 12.6. The predicted molar refractivity (Wildman–Crippen MR) is 87.8 cm³/mol. The highest BCUT2D eigenvalue weighted by atomic mass is 16.5. The Labute approximate surface area is 139 Å². The number of para-hydroxylation sites is 2. The lowest BCUT2D eigenvalue weighted by molar-refractivity contribution is -0.133. The van der Waals surface area contributed by atoms with Gasteiger partial charge in [-0.3, -0.25) is 14.3 Å². The molecule has 4 rings (SSSR count). The largest absolute Gasteiger partial charge is 0.419 e. The zero-order valence-electron chi connectivity index (χ0n) is 13.7. The molecule has 0 radical (unpaired) electrons. The number of rotatable bonds is 3. The van der Waals surface area contributed by atoms with Crippen LogP contribution in [0.5, 0.6) is 0 Å². The number of hydrogen-bond acceptors (Lipinski definition) is 5. The number of aromatic nitrogens is 1. The lowest BCUT2D eigenvalue weighted by Gasteiger charge is -2.29. The number of carbonyl (C=O) groups excluding carboxylic acids is 1. The Morgan fingerprint density at radius 2 is 1.96 bits per heavy atom. The molecule has 3 heterocycles. The highest BCUT2D eigenvalue weighted by Gasteiger charge is 2.37. The van der Waals surface area contributed by atoms with Crippen LogP contribution in [-0.4, -0.2) is 66.2 Å². The van der Waals surface area contributed by atoms with E-state index in [4.69, 9.17) is 9.15 Å². The average molecular weight is 331 g/mol. The molecule has 2 aliphatic rings. The topological polar surface area (TPSA) is 67.9 Å². The molecule has 2 aliphatic heterocycles. The van der Waals surface area contributed by atoms with Gasteiger partial charge in [-0.25, -0.2) is 4.79 Å². The Morgan fingerprint density at radius 1 is 1.12 bits per heavy atom. The van der Waals surface area contributed by atoms with Gasteiger partial charge in [0.15, 0.2) is 5.58 Å². The van der Waals surface area contributed by atoms with Gasteiger partial charge in [0.25, 0.3) is 0 Å². The molecule has 1 amide bonds. The number of fused-ring (bicyclic) bond motifs is 4. The lowest BCUT2D eigenvalue weighted by atomic mass is 10.1. The molecule has 0 spiro atoms. The number of amides is 1. The molecule has 0 saturated carbocycles. The highest BCUT2D eigenvalue weighted by molar-refractivity contribution is 5.80. The van der Waals surface area contributed by atoms with Crippen LogP contribution in [-0.2, 0) is 16.1 Å². The summed E-state index contributed by atoms with van der Waals surface area (Å²) in [7, 11) is 1.85. The second-order valence-electron chi connectivity index (χ2n) is 6.58. The van der Waals surface area contributed by atoms with E-state index in [-0.39, 0.29) is 23.6 Å². The van der Waals surface area contributed by atoms with Gasteiger partial charge in [-0.2, -0.15) is 0 Å². The van der Waals surface area contributed by atoms with Crippen LogP contribution >= 0.6 is 0 Å². The molecule has 128 valence electrons. The molecule has 2 aromatic rings. The minimum atomic E-state index is -0.331. The molecule has 2 saturated heterocycles. The molecule has 2 fully saturated rings. The summed E-state index contributed by atoms with van der Waals surface area (Å²) in [6, 6.07) is 7.52. The van der Waals surface area contributed by atoms with Crippen LogP contribution in [0.25, 0.3) is 11.1 Å². The summed E-state index contributed by atoms with van der Waals surface area (Å²) in [6.45, 7) is 3.74. The third kappa shape index (κ3) is 2.63. The minimum absolute atomic E-state index is 0.0721. The lowest BCUT2D eigenvalue weighted by Crippen LogP contribution is -2.44. The van der Waals surface area contributed by atoms with Crippen LogP contribution in [0.1, 0.15) is 0 Å². The molecule has 1 aromatic carbocycles. The zero-order valence-corrected chi connectivity index (χ0v) is 13.7. The van der Waals surface area contributed by atoms with Gasteiger partial charge < -0.3 is 14.1 Å². The predicted octanol–water partition coefficient (Wildman–Crippen LogP) is 0.384. The van der Waals surface area contributed by atoms with Crippen LogP contribution in [0.15, 0.2) is 33.5 Å². The Balaban J connectivity index is 1.52. The smallest absolute Gasteiger partial charge is 0.408 e. The van der Waals surface area contributed by atoms with Crippen molar-refractivity contribution in [1.82, 2.24) is 14.4 Å². The SMILES string of the molecule is CN1C(=O)[C@H]2COC[C@@H]1CN(CCn1c(=O)oc3ccccc31)C2. The van der Waals surface area contributed by atoms with Crippen LogP contribution < -0.4 is 5.76 Å². The van der Waals surface area contributed by atoms with E-state index in [1.54, 1.807) is 10.6 Å². The summed E-state index contributed by atoms with van der Waals surface area (Å²) in [4.78, 5) is 28.5. The maximum atomic E-state index is 12.4. The number of carbonyl (C=O) groups is 1. The summed E-state index contributed by atoms with van der Waals surface area (Å²) >= 11 is 0. The van der Waals surface area contributed by atoms with Crippen molar-refractivity contribution in [2.24, 2.45) is 5.92 Å². The van der Waals surface area contributed by atoms with E-state index in [0.29, 0.717) is 38.4 Å². The van der Waals surface area contributed by atoms with Crippen LogP contribution in [0, 0.1) is 5.92 Å². The fraction of sp³-hybridized carbons (Fsp3) is 0.529. The molecular weight excluding hydrogens is 310 g/mol. The van der Waals surface area contributed by atoms with Crippen molar-refractivity contribution in [2.75, 3.05) is 39.9 Å². The van der Waals surface area contributed by atoms with Gasteiger partial charge in [0.2, 0.25) is 5.91 Å². The Kier molecular flexibility index (Phi) is 3.90. The first-order valence-electron chi connectivity index (χ1n) is 8.28. The van der Waals surface area contributed by atoms with E-state index in [0.717, 1.165) is 12.1 Å². The van der Waals surface area contributed by atoms with Crippen LogP contribution in [0.2, 0.25) is 0 Å². The number of benzene rings is 1. The Morgan fingerprint density at radius 3 is 2.83 bits per heavy atom. The van der Waals surface area contributed by atoms with E-state index in [1.165, 1.54) is 0 Å². The summed E-state index contributed by atoms with van der Waals surface area (Å²) in [5.41, 5.74) is 1.42. The third-order valence-electron chi connectivity index (χ3n) is 5.03. The molecule has 7 nitrogen and oxygen atoms in total. The molecule has 0 N–H and O–H groups in total. The number of ether oxygens (including phenoxy) is 1. The van der Waals surface area contributed by atoms with Crippen molar-refractivity contribution in [3.8, 4) is 0 Å². The second kappa shape index (κ2) is 6.07. The summed E-state index contributed by atoms with van der Waals surface area (Å²) in [6.07, 6.45) is 0. The van der Waals surface area contributed by atoms with Crippen molar-refractivity contribution in [3.63, 3.8) is 0 Å². The van der Waals surface area contributed by atoms with Crippen LogP contribution in [0.3, 0.4) is 0 Å². The molecule has 7 heteroatoms. The molecule has 0 aliphatic carbocycles. The Bertz CT molecular complexity index is 812. The second-order valence-corrected chi connectivity index (χ2v) is 6.58. The summed E-state index contributed by atoms with van der Waals surface area (Å²) in [5, 5.41) is 0. The van der Waals surface area contributed by atoms with Gasteiger partial charge in [0, 0.05) is 33.2 Å². The fourth-order valence-electron chi connectivity index (χ4n) is 3.64. The molecule has 2 bridgehead atoms.